The van der Waals surface area contributed by atoms with E-state index in [-0.39, 0.29) is 23.6 Å². The van der Waals surface area contributed by atoms with Crippen LogP contribution < -0.4 is 15.0 Å². The van der Waals surface area contributed by atoms with Gasteiger partial charge in [0.25, 0.3) is 5.56 Å². The molecule has 0 atom stereocenters. The number of halogens is 2. The predicted octanol–water partition coefficient (Wildman–Crippen LogP) is 6.60. The minimum atomic E-state index is -0.998. The van der Waals surface area contributed by atoms with Crippen LogP contribution in [0, 0.1) is 0 Å². The van der Waals surface area contributed by atoms with Crippen LogP contribution in [0.1, 0.15) is 54.0 Å². The molecular formula is C28H25Br2N3O5. The molecule has 0 fully saturated rings. The molecule has 38 heavy (non-hydrogen) atoms. The quantitative estimate of drug-likeness (QED) is 0.206. The monoisotopic (exact) mass is 641 g/mol. The Morgan fingerprint density at radius 3 is 2.58 bits per heavy atom. The van der Waals surface area contributed by atoms with Crippen molar-refractivity contribution < 1.29 is 19.4 Å². The summed E-state index contributed by atoms with van der Waals surface area (Å²) in [4.78, 5) is 29.3. The number of ether oxygens (including phenoxy) is 2. The average Bonchev–Trinajstić information content (AvgIpc) is 2.89. The van der Waals surface area contributed by atoms with Gasteiger partial charge in [0.2, 0.25) is 0 Å². The molecule has 0 aliphatic heterocycles. The first-order chi connectivity index (χ1) is 18.2. The number of carboxylic acids is 1. The number of rotatable bonds is 9. The fraction of sp³-hybridized carbons (Fsp3) is 0.214. The second-order valence-electron chi connectivity index (χ2n) is 8.70. The zero-order chi connectivity index (χ0) is 27.4. The summed E-state index contributed by atoms with van der Waals surface area (Å²) in [6.45, 7) is 6.35. The number of carboxylic acid groups (broad SMARTS) is 1. The van der Waals surface area contributed by atoms with Crippen molar-refractivity contribution in [3.8, 4) is 11.5 Å². The highest BCUT2D eigenvalue weighted by atomic mass is 79.9. The molecule has 0 radical (unpaired) electrons. The van der Waals surface area contributed by atoms with Crippen LogP contribution in [0.4, 0.5) is 0 Å². The van der Waals surface area contributed by atoms with E-state index in [0.717, 1.165) is 4.47 Å². The van der Waals surface area contributed by atoms with E-state index in [4.69, 9.17) is 9.47 Å². The van der Waals surface area contributed by atoms with Crippen molar-refractivity contribution in [1.82, 2.24) is 9.66 Å². The Bertz CT molecular complexity index is 1600. The van der Waals surface area contributed by atoms with Gasteiger partial charge in [0.15, 0.2) is 11.5 Å². The van der Waals surface area contributed by atoms with Gasteiger partial charge in [-0.1, -0.05) is 41.9 Å². The van der Waals surface area contributed by atoms with Crippen molar-refractivity contribution in [3.05, 3.63) is 96.4 Å². The molecule has 10 heteroatoms. The van der Waals surface area contributed by atoms with Gasteiger partial charge in [-0.15, -0.1) is 0 Å². The Morgan fingerprint density at radius 2 is 1.87 bits per heavy atom. The minimum Gasteiger partial charge on any atom is -0.490 e. The number of benzene rings is 3. The van der Waals surface area contributed by atoms with Crippen LogP contribution in [-0.2, 0) is 6.61 Å². The van der Waals surface area contributed by atoms with Gasteiger partial charge in [-0.25, -0.2) is 9.78 Å². The zero-order valence-electron chi connectivity index (χ0n) is 20.9. The smallest absolute Gasteiger partial charge is 0.335 e. The molecule has 1 aromatic heterocycles. The summed E-state index contributed by atoms with van der Waals surface area (Å²) in [5, 5.41) is 14.2. The third-order valence-corrected chi connectivity index (χ3v) is 6.77. The first-order valence-electron chi connectivity index (χ1n) is 11.9. The van der Waals surface area contributed by atoms with Crippen molar-refractivity contribution in [1.29, 1.82) is 0 Å². The highest BCUT2D eigenvalue weighted by molar-refractivity contribution is 9.10. The Labute approximate surface area is 236 Å². The molecule has 0 spiro atoms. The lowest BCUT2D eigenvalue weighted by atomic mass is 10.1. The van der Waals surface area contributed by atoms with Crippen LogP contribution in [0.15, 0.2) is 73.4 Å². The molecule has 4 aromatic rings. The molecule has 4 rings (SSSR count). The van der Waals surface area contributed by atoms with Crippen molar-refractivity contribution in [3.63, 3.8) is 0 Å². The molecule has 3 aromatic carbocycles. The number of nitrogens with zero attached hydrogens (tertiary/aromatic N) is 3. The van der Waals surface area contributed by atoms with Gasteiger partial charge < -0.3 is 14.6 Å². The van der Waals surface area contributed by atoms with E-state index in [1.165, 1.54) is 10.7 Å². The second-order valence-corrected chi connectivity index (χ2v) is 10.5. The summed E-state index contributed by atoms with van der Waals surface area (Å²) >= 11 is 6.98. The molecule has 0 aliphatic carbocycles. The Hall–Kier alpha value is -3.50. The SMILES string of the molecule is CCOc1cc(C=Nn2c(C(C)C)nc3ccc(Br)cc3c2=O)c(Br)cc1OCc1cccc(C(=O)O)c1. The van der Waals surface area contributed by atoms with Crippen LogP contribution in [-0.4, -0.2) is 33.6 Å². The molecule has 8 nitrogen and oxygen atoms in total. The summed E-state index contributed by atoms with van der Waals surface area (Å²) in [5.74, 6) is 0.483. The number of hydrogen-bond donors (Lipinski definition) is 1. The zero-order valence-corrected chi connectivity index (χ0v) is 24.1. The maximum Gasteiger partial charge on any atom is 0.335 e. The summed E-state index contributed by atoms with van der Waals surface area (Å²) in [5.41, 5.74) is 1.93. The summed E-state index contributed by atoms with van der Waals surface area (Å²) in [6.07, 6.45) is 1.57. The summed E-state index contributed by atoms with van der Waals surface area (Å²) in [7, 11) is 0. The van der Waals surface area contributed by atoms with Gasteiger partial charge >= 0.3 is 5.97 Å². The van der Waals surface area contributed by atoms with Crippen LogP contribution in [0.2, 0.25) is 0 Å². The van der Waals surface area contributed by atoms with Gasteiger partial charge in [0.05, 0.1) is 29.3 Å². The molecular weight excluding hydrogens is 618 g/mol. The lowest BCUT2D eigenvalue weighted by Gasteiger charge is -2.15. The Morgan fingerprint density at radius 1 is 1.11 bits per heavy atom. The molecule has 0 amide bonds. The molecule has 196 valence electrons. The largest absolute Gasteiger partial charge is 0.490 e. The first kappa shape index (κ1) is 27.5. The van der Waals surface area contributed by atoms with E-state index in [0.29, 0.717) is 50.4 Å². The molecule has 0 aliphatic rings. The van der Waals surface area contributed by atoms with E-state index in [9.17, 15) is 14.7 Å². The highest BCUT2D eigenvalue weighted by Gasteiger charge is 2.15. The highest BCUT2D eigenvalue weighted by Crippen LogP contribution is 2.34. The van der Waals surface area contributed by atoms with Crippen molar-refractivity contribution in [2.45, 2.75) is 33.3 Å². The standard InChI is InChI=1S/C28H25Br2N3O5/c1-4-37-24-11-19(22(30)13-25(24)38-15-17-6-5-7-18(10-17)28(35)36)14-31-33-26(16(2)3)32-23-9-8-20(29)12-21(23)27(33)34/h5-14,16H,4,15H2,1-3H3,(H,35,36). The first-order valence-corrected chi connectivity index (χ1v) is 13.4. The lowest BCUT2D eigenvalue weighted by Crippen LogP contribution is -2.23. The number of carbonyl (C=O) groups is 1. The fourth-order valence-electron chi connectivity index (χ4n) is 3.76. The van der Waals surface area contributed by atoms with Gasteiger partial charge in [-0.05, 0) is 70.9 Å². The van der Waals surface area contributed by atoms with Crippen molar-refractivity contribution in [2.24, 2.45) is 5.10 Å². The predicted molar refractivity (Wildman–Crippen MR) is 154 cm³/mol. The molecule has 1 N–H and O–H groups in total. The number of aromatic carboxylic acids is 1. The minimum absolute atomic E-state index is 0.0364. The molecule has 0 unspecified atom stereocenters. The summed E-state index contributed by atoms with van der Waals surface area (Å²) in [6, 6.07) is 15.5. The number of fused-ring (bicyclic) bond motifs is 1. The molecule has 1 heterocycles. The van der Waals surface area contributed by atoms with Gasteiger partial charge in [0.1, 0.15) is 12.4 Å². The maximum atomic E-state index is 13.3. The average molecular weight is 643 g/mol. The van der Waals surface area contributed by atoms with E-state index < -0.39 is 5.97 Å². The number of aromatic nitrogens is 2. The topological polar surface area (TPSA) is 103 Å². The van der Waals surface area contributed by atoms with E-state index in [1.807, 2.05) is 32.9 Å². The lowest BCUT2D eigenvalue weighted by molar-refractivity contribution is 0.0696. The third kappa shape index (κ3) is 6.14. The van der Waals surface area contributed by atoms with Crippen LogP contribution in [0.25, 0.3) is 10.9 Å². The Kier molecular flexibility index (Phi) is 8.63. The van der Waals surface area contributed by atoms with E-state index in [2.05, 4.69) is 41.9 Å². The molecule has 0 saturated carbocycles. The van der Waals surface area contributed by atoms with Gasteiger partial charge in [0, 0.05) is 20.4 Å². The van der Waals surface area contributed by atoms with Gasteiger partial charge in [-0.3, -0.25) is 4.79 Å². The van der Waals surface area contributed by atoms with Gasteiger partial charge in [-0.2, -0.15) is 9.78 Å². The fourth-order valence-corrected chi connectivity index (χ4v) is 4.54. The van der Waals surface area contributed by atoms with Crippen molar-refractivity contribution in [2.75, 3.05) is 6.61 Å². The van der Waals surface area contributed by atoms with Crippen LogP contribution in [0.5, 0.6) is 11.5 Å². The van der Waals surface area contributed by atoms with Crippen LogP contribution in [0.3, 0.4) is 0 Å². The second kappa shape index (κ2) is 11.9. The molecule has 0 bridgehead atoms. The normalized spacial score (nSPS) is 11.4. The summed E-state index contributed by atoms with van der Waals surface area (Å²) < 4.78 is 14.6. The number of hydrogen-bond acceptors (Lipinski definition) is 6. The van der Waals surface area contributed by atoms with Crippen LogP contribution >= 0.6 is 31.9 Å². The Balaban J connectivity index is 1.68. The third-order valence-electron chi connectivity index (χ3n) is 5.59. The molecule has 0 saturated heterocycles. The maximum absolute atomic E-state index is 13.3. The van der Waals surface area contributed by atoms with E-state index in [1.54, 1.807) is 42.6 Å². The van der Waals surface area contributed by atoms with Crippen molar-refractivity contribution >= 4 is 54.9 Å². The van der Waals surface area contributed by atoms with E-state index >= 15 is 0 Å².